The molecule has 0 unspecified atom stereocenters. The fraction of sp³-hybridized carbons (Fsp3) is 0.176. The molecular formula is C17H16O. The molecule has 0 amide bonds. The molecule has 0 saturated carbocycles. The van der Waals surface area contributed by atoms with E-state index in [0.717, 1.165) is 35.5 Å². The molecule has 0 aliphatic heterocycles. The molecule has 0 bridgehead atoms. The molecule has 1 nitrogen and oxygen atoms in total. The molecule has 0 spiro atoms. The van der Waals surface area contributed by atoms with Crippen molar-refractivity contribution in [3.05, 3.63) is 54.1 Å². The van der Waals surface area contributed by atoms with Gasteiger partial charge in [0.25, 0.3) is 0 Å². The minimum atomic E-state index is 0.744. The second-order valence-electron chi connectivity index (χ2n) is 4.10. The van der Waals surface area contributed by atoms with Crippen LogP contribution in [0.25, 0.3) is 11.1 Å². The van der Waals surface area contributed by atoms with E-state index in [2.05, 4.69) is 25.0 Å². The highest BCUT2D eigenvalue weighted by molar-refractivity contribution is 5.66. The van der Waals surface area contributed by atoms with E-state index in [1.165, 1.54) is 0 Å². The highest BCUT2D eigenvalue weighted by Gasteiger charge is 2.00. The molecule has 0 fully saturated rings. The number of benzene rings is 2. The van der Waals surface area contributed by atoms with Crippen molar-refractivity contribution in [2.45, 2.75) is 13.3 Å². The molecule has 0 aromatic heterocycles. The zero-order valence-corrected chi connectivity index (χ0v) is 10.5. The molecule has 2 aromatic carbocycles. The Bertz CT molecular complexity index is 564. The summed E-state index contributed by atoms with van der Waals surface area (Å²) in [6.07, 6.45) is 6.43. The van der Waals surface area contributed by atoms with Gasteiger partial charge in [-0.25, -0.2) is 0 Å². The molecule has 18 heavy (non-hydrogen) atoms. The van der Waals surface area contributed by atoms with Crippen LogP contribution >= 0.6 is 0 Å². The van der Waals surface area contributed by atoms with Gasteiger partial charge in [-0.1, -0.05) is 37.1 Å². The zero-order valence-electron chi connectivity index (χ0n) is 10.5. The SMILES string of the molecule is C#Cc1cccc(-c2cccc(OCCC)c2)c1. The summed E-state index contributed by atoms with van der Waals surface area (Å²) in [6, 6.07) is 16.1. The summed E-state index contributed by atoms with van der Waals surface area (Å²) < 4.78 is 5.63. The first-order valence-corrected chi connectivity index (χ1v) is 6.13. The topological polar surface area (TPSA) is 9.23 Å². The summed E-state index contributed by atoms with van der Waals surface area (Å²) in [5, 5.41) is 0. The molecule has 0 atom stereocenters. The van der Waals surface area contributed by atoms with Gasteiger partial charge in [-0.05, 0) is 41.8 Å². The number of ether oxygens (including phenoxy) is 1. The highest BCUT2D eigenvalue weighted by atomic mass is 16.5. The monoisotopic (exact) mass is 236 g/mol. The van der Waals surface area contributed by atoms with Crippen molar-refractivity contribution >= 4 is 0 Å². The van der Waals surface area contributed by atoms with Crippen molar-refractivity contribution < 1.29 is 4.74 Å². The maximum Gasteiger partial charge on any atom is 0.119 e. The van der Waals surface area contributed by atoms with Gasteiger partial charge in [0.2, 0.25) is 0 Å². The second-order valence-corrected chi connectivity index (χ2v) is 4.10. The molecule has 0 N–H and O–H groups in total. The minimum absolute atomic E-state index is 0.744. The maximum absolute atomic E-state index is 5.63. The van der Waals surface area contributed by atoms with Crippen molar-refractivity contribution in [2.75, 3.05) is 6.61 Å². The van der Waals surface area contributed by atoms with Crippen molar-refractivity contribution in [1.29, 1.82) is 0 Å². The molecule has 0 radical (unpaired) electrons. The van der Waals surface area contributed by atoms with Crippen LogP contribution in [0.15, 0.2) is 48.5 Å². The van der Waals surface area contributed by atoms with Crippen molar-refractivity contribution in [1.82, 2.24) is 0 Å². The van der Waals surface area contributed by atoms with Gasteiger partial charge < -0.3 is 4.74 Å². The smallest absolute Gasteiger partial charge is 0.119 e. The van der Waals surface area contributed by atoms with Crippen LogP contribution < -0.4 is 4.74 Å². The van der Waals surface area contributed by atoms with E-state index >= 15 is 0 Å². The van der Waals surface area contributed by atoms with Gasteiger partial charge in [0.1, 0.15) is 5.75 Å². The summed E-state index contributed by atoms with van der Waals surface area (Å²) in [4.78, 5) is 0. The van der Waals surface area contributed by atoms with Crippen LogP contribution in [0.4, 0.5) is 0 Å². The third-order valence-corrected chi connectivity index (χ3v) is 2.67. The fourth-order valence-corrected chi connectivity index (χ4v) is 1.77. The van der Waals surface area contributed by atoms with Crippen LogP contribution in [-0.4, -0.2) is 6.61 Å². The number of hydrogen-bond acceptors (Lipinski definition) is 1. The Morgan fingerprint density at radius 1 is 1.06 bits per heavy atom. The van der Waals surface area contributed by atoms with E-state index in [9.17, 15) is 0 Å². The van der Waals surface area contributed by atoms with Crippen LogP contribution in [0.1, 0.15) is 18.9 Å². The Balaban J connectivity index is 2.29. The van der Waals surface area contributed by atoms with Crippen molar-refractivity contribution in [3.8, 4) is 29.2 Å². The number of hydrogen-bond donors (Lipinski definition) is 0. The molecular weight excluding hydrogens is 220 g/mol. The molecule has 1 heteroatoms. The van der Waals surface area contributed by atoms with Gasteiger partial charge in [-0.3, -0.25) is 0 Å². The lowest BCUT2D eigenvalue weighted by Gasteiger charge is -2.07. The lowest BCUT2D eigenvalue weighted by atomic mass is 10.0. The maximum atomic E-state index is 5.63. The summed E-state index contributed by atoms with van der Waals surface area (Å²) in [5.41, 5.74) is 3.14. The van der Waals surface area contributed by atoms with Crippen LogP contribution in [0.3, 0.4) is 0 Å². The van der Waals surface area contributed by atoms with Gasteiger partial charge in [-0.15, -0.1) is 6.42 Å². The predicted octanol–water partition coefficient (Wildman–Crippen LogP) is 4.12. The molecule has 0 aliphatic carbocycles. The van der Waals surface area contributed by atoms with E-state index in [1.807, 2.05) is 36.4 Å². The average Bonchev–Trinajstić information content (AvgIpc) is 2.45. The third-order valence-electron chi connectivity index (χ3n) is 2.67. The van der Waals surface area contributed by atoms with Gasteiger partial charge in [0.05, 0.1) is 6.61 Å². The standard InChI is InChI=1S/C17H16O/c1-3-11-18-17-10-6-9-16(13-17)15-8-5-7-14(4-2)12-15/h2,5-10,12-13H,3,11H2,1H3. The Morgan fingerprint density at radius 2 is 1.78 bits per heavy atom. The van der Waals surface area contributed by atoms with E-state index in [1.54, 1.807) is 0 Å². The largest absolute Gasteiger partial charge is 0.494 e. The average molecular weight is 236 g/mol. The Kier molecular flexibility index (Phi) is 4.04. The molecule has 0 saturated heterocycles. The van der Waals surface area contributed by atoms with Crippen LogP contribution in [0.5, 0.6) is 5.75 Å². The molecule has 2 rings (SSSR count). The normalized spacial score (nSPS) is 9.78. The summed E-state index contributed by atoms with van der Waals surface area (Å²) in [5.74, 6) is 3.56. The second kappa shape index (κ2) is 5.93. The third kappa shape index (κ3) is 2.93. The van der Waals surface area contributed by atoms with E-state index in [0.29, 0.717) is 0 Å². The van der Waals surface area contributed by atoms with Crippen LogP contribution in [0.2, 0.25) is 0 Å². The lowest BCUT2D eigenvalue weighted by molar-refractivity contribution is 0.317. The fourth-order valence-electron chi connectivity index (χ4n) is 1.77. The minimum Gasteiger partial charge on any atom is -0.494 e. The molecule has 0 aliphatic rings. The quantitative estimate of drug-likeness (QED) is 0.725. The molecule has 90 valence electrons. The summed E-state index contributed by atoms with van der Waals surface area (Å²) in [6.45, 7) is 2.84. The zero-order chi connectivity index (χ0) is 12.8. The van der Waals surface area contributed by atoms with Gasteiger partial charge in [-0.2, -0.15) is 0 Å². The Hall–Kier alpha value is -2.20. The van der Waals surface area contributed by atoms with Crippen LogP contribution in [0, 0.1) is 12.3 Å². The molecule has 0 heterocycles. The summed E-state index contributed by atoms with van der Waals surface area (Å²) in [7, 11) is 0. The first-order chi connectivity index (χ1) is 8.83. The highest BCUT2D eigenvalue weighted by Crippen LogP contribution is 2.24. The lowest BCUT2D eigenvalue weighted by Crippen LogP contribution is -1.94. The van der Waals surface area contributed by atoms with Gasteiger partial charge in [0, 0.05) is 5.56 Å². The number of terminal acetylenes is 1. The number of rotatable bonds is 4. The predicted molar refractivity (Wildman–Crippen MR) is 75.6 cm³/mol. The van der Waals surface area contributed by atoms with Crippen molar-refractivity contribution in [2.24, 2.45) is 0 Å². The van der Waals surface area contributed by atoms with E-state index in [-0.39, 0.29) is 0 Å². The van der Waals surface area contributed by atoms with E-state index in [4.69, 9.17) is 11.2 Å². The Labute approximate surface area is 108 Å². The van der Waals surface area contributed by atoms with E-state index < -0.39 is 0 Å². The summed E-state index contributed by atoms with van der Waals surface area (Å²) >= 11 is 0. The van der Waals surface area contributed by atoms with Gasteiger partial charge >= 0.3 is 0 Å². The molecule has 2 aromatic rings. The Morgan fingerprint density at radius 3 is 2.50 bits per heavy atom. The van der Waals surface area contributed by atoms with Crippen molar-refractivity contribution in [3.63, 3.8) is 0 Å². The van der Waals surface area contributed by atoms with Crippen LogP contribution in [-0.2, 0) is 0 Å². The first kappa shape index (κ1) is 12.3. The van der Waals surface area contributed by atoms with Gasteiger partial charge in [0.15, 0.2) is 0 Å². The first-order valence-electron chi connectivity index (χ1n) is 6.13.